The maximum absolute atomic E-state index is 12.3. The number of nitrogens with two attached hydrogens (primary N) is 1. The van der Waals surface area contributed by atoms with Crippen molar-refractivity contribution in [2.24, 2.45) is 5.73 Å². The van der Waals surface area contributed by atoms with Crippen LogP contribution in [0, 0.1) is 18.8 Å². The molecular formula is C17H15ClN2O. The summed E-state index contributed by atoms with van der Waals surface area (Å²) in [5, 5.41) is 3.39. The third-order valence-corrected chi connectivity index (χ3v) is 3.02. The molecule has 2 aromatic rings. The predicted molar refractivity (Wildman–Crippen MR) is 86.5 cm³/mol. The molecule has 0 spiro atoms. The summed E-state index contributed by atoms with van der Waals surface area (Å²) in [5.74, 6) is 5.50. The summed E-state index contributed by atoms with van der Waals surface area (Å²) >= 11 is 5.98. The standard InChI is InChI=1S/C17H15ClN2O/c1-12-9-14(11-15(18)10-12)17(21)20-16-7-3-2-5-13(16)6-4-8-19/h2-3,5,7,9-11H,8,19H2,1H3,(H,20,21). The average Bonchev–Trinajstić information content (AvgIpc) is 2.45. The number of carbonyl (C=O) groups excluding carboxylic acids is 1. The van der Waals surface area contributed by atoms with Crippen LogP contribution in [0.25, 0.3) is 0 Å². The normalized spacial score (nSPS) is 9.67. The maximum Gasteiger partial charge on any atom is 0.255 e. The molecule has 3 nitrogen and oxygen atoms in total. The van der Waals surface area contributed by atoms with Crippen LogP contribution in [-0.2, 0) is 0 Å². The molecule has 0 saturated carbocycles. The topological polar surface area (TPSA) is 55.1 Å². The smallest absolute Gasteiger partial charge is 0.255 e. The molecule has 2 aromatic carbocycles. The fourth-order valence-corrected chi connectivity index (χ4v) is 2.20. The second-order valence-electron chi connectivity index (χ2n) is 4.52. The lowest BCUT2D eigenvalue weighted by Gasteiger charge is -2.08. The first-order valence-electron chi connectivity index (χ1n) is 6.46. The van der Waals surface area contributed by atoms with Crippen LogP contribution in [0.5, 0.6) is 0 Å². The number of rotatable bonds is 2. The minimum atomic E-state index is -0.220. The van der Waals surface area contributed by atoms with Crippen molar-refractivity contribution >= 4 is 23.2 Å². The van der Waals surface area contributed by atoms with Crippen molar-refractivity contribution in [3.8, 4) is 11.8 Å². The SMILES string of the molecule is Cc1cc(Cl)cc(C(=O)Nc2ccccc2C#CCN)c1. The molecule has 0 radical (unpaired) electrons. The minimum absolute atomic E-state index is 0.220. The van der Waals surface area contributed by atoms with Crippen molar-refractivity contribution in [2.45, 2.75) is 6.92 Å². The minimum Gasteiger partial charge on any atom is -0.321 e. The third-order valence-electron chi connectivity index (χ3n) is 2.80. The molecule has 0 aliphatic rings. The van der Waals surface area contributed by atoms with Crippen molar-refractivity contribution in [1.82, 2.24) is 0 Å². The van der Waals surface area contributed by atoms with E-state index in [9.17, 15) is 4.79 Å². The van der Waals surface area contributed by atoms with E-state index < -0.39 is 0 Å². The highest BCUT2D eigenvalue weighted by molar-refractivity contribution is 6.31. The number of halogens is 1. The molecule has 106 valence electrons. The van der Waals surface area contributed by atoms with Gasteiger partial charge in [-0.3, -0.25) is 4.79 Å². The largest absolute Gasteiger partial charge is 0.321 e. The van der Waals surface area contributed by atoms with Crippen molar-refractivity contribution in [3.05, 3.63) is 64.2 Å². The number of benzene rings is 2. The molecule has 3 N–H and O–H groups in total. The average molecular weight is 299 g/mol. The fourth-order valence-electron chi connectivity index (χ4n) is 1.91. The van der Waals surface area contributed by atoms with Crippen LogP contribution in [0.3, 0.4) is 0 Å². The van der Waals surface area contributed by atoms with Crippen molar-refractivity contribution in [3.63, 3.8) is 0 Å². The van der Waals surface area contributed by atoms with Crippen LogP contribution in [0.15, 0.2) is 42.5 Å². The van der Waals surface area contributed by atoms with E-state index in [0.717, 1.165) is 11.1 Å². The zero-order chi connectivity index (χ0) is 15.2. The van der Waals surface area contributed by atoms with E-state index in [0.29, 0.717) is 16.3 Å². The Hall–Kier alpha value is -2.28. The van der Waals surface area contributed by atoms with E-state index in [1.807, 2.05) is 25.1 Å². The van der Waals surface area contributed by atoms with Gasteiger partial charge in [0.05, 0.1) is 12.2 Å². The lowest BCUT2D eigenvalue weighted by molar-refractivity contribution is 0.102. The zero-order valence-corrected chi connectivity index (χ0v) is 12.4. The molecule has 0 aliphatic carbocycles. The van der Waals surface area contributed by atoms with Gasteiger partial charge >= 0.3 is 0 Å². The van der Waals surface area contributed by atoms with Crippen LogP contribution >= 0.6 is 11.6 Å². The summed E-state index contributed by atoms with van der Waals surface area (Å²) in [5.41, 5.74) is 8.21. The van der Waals surface area contributed by atoms with Crippen LogP contribution in [0.1, 0.15) is 21.5 Å². The highest BCUT2D eigenvalue weighted by atomic mass is 35.5. The molecule has 0 aromatic heterocycles. The van der Waals surface area contributed by atoms with Gasteiger partial charge in [-0.2, -0.15) is 0 Å². The van der Waals surface area contributed by atoms with E-state index in [1.54, 1.807) is 24.3 Å². The molecular weight excluding hydrogens is 284 g/mol. The zero-order valence-electron chi connectivity index (χ0n) is 11.6. The third kappa shape index (κ3) is 4.09. The molecule has 1 amide bonds. The number of aryl methyl sites for hydroxylation is 1. The number of nitrogens with one attached hydrogen (secondary N) is 1. The van der Waals surface area contributed by atoms with Crippen LogP contribution in [-0.4, -0.2) is 12.5 Å². The second kappa shape index (κ2) is 6.94. The molecule has 2 rings (SSSR count). The first-order valence-corrected chi connectivity index (χ1v) is 6.84. The molecule has 0 heterocycles. The van der Waals surface area contributed by atoms with E-state index in [1.165, 1.54) is 0 Å². The van der Waals surface area contributed by atoms with Crippen LogP contribution in [0.4, 0.5) is 5.69 Å². The highest BCUT2D eigenvalue weighted by Crippen LogP contribution is 2.18. The van der Waals surface area contributed by atoms with Gasteiger partial charge in [-0.15, -0.1) is 0 Å². The lowest BCUT2D eigenvalue weighted by atomic mass is 10.1. The number of carbonyl (C=O) groups is 1. The monoisotopic (exact) mass is 298 g/mol. The van der Waals surface area contributed by atoms with Crippen molar-refractivity contribution in [1.29, 1.82) is 0 Å². The summed E-state index contributed by atoms with van der Waals surface area (Å²) in [7, 11) is 0. The summed E-state index contributed by atoms with van der Waals surface area (Å²) in [6, 6.07) is 12.6. The maximum atomic E-state index is 12.3. The lowest BCUT2D eigenvalue weighted by Crippen LogP contribution is -2.13. The Kier molecular flexibility index (Phi) is 4.99. The number of amides is 1. The van der Waals surface area contributed by atoms with Crippen molar-refractivity contribution in [2.75, 3.05) is 11.9 Å². The van der Waals surface area contributed by atoms with Gasteiger partial charge in [0.2, 0.25) is 0 Å². The Morgan fingerprint density at radius 3 is 2.76 bits per heavy atom. The molecule has 0 unspecified atom stereocenters. The molecule has 21 heavy (non-hydrogen) atoms. The fraction of sp³-hybridized carbons (Fsp3) is 0.118. The number of hydrogen-bond acceptors (Lipinski definition) is 2. The summed E-state index contributed by atoms with van der Waals surface area (Å²) in [6.07, 6.45) is 0. The number of para-hydroxylation sites is 1. The van der Waals surface area contributed by atoms with Gasteiger partial charge in [-0.1, -0.05) is 35.6 Å². The Balaban J connectivity index is 2.27. The summed E-state index contributed by atoms with van der Waals surface area (Å²) < 4.78 is 0. The first-order chi connectivity index (χ1) is 10.1. The second-order valence-corrected chi connectivity index (χ2v) is 4.96. The Morgan fingerprint density at radius 1 is 1.29 bits per heavy atom. The van der Waals surface area contributed by atoms with E-state index in [2.05, 4.69) is 17.2 Å². The Labute approximate surface area is 129 Å². The molecule has 0 saturated heterocycles. The van der Waals surface area contributed by atoms with Gasteiger partial charge in [0, 0.05) is 16.1 Å². The first kappa shape index (κ1) is 15.1. The molecule has 0 fully saturated rings. The van der Waals surface area contributed by atoms with Gasteiger partial charge in [-0.25, -0.2) is 0 Å². The Morgan fingerprint density at radius 2 is 2.05 bits per heavy atom. The summed E-state index contributed by atoms with van der Waals surface area (Å²) in [4.78, 5) is 12.3. The van der Waals surface area contributed by atoms with Gasteiger partial charge < -0.3 is 11.1 Å². The molecule has 0 aliphatic heterocycles. The van der Waals surface area contributed by atoms with E-state index in [-0.39, 0.29) is 12.5 Å². The quantitative estimate of drug-likeness (QED) is 0.837. The molecule has 0 atom stereocenters. The van der Waals surface area contributed by atoms with Gasteiger partial charge in [0.15, 0.2) is 0 Å². The number of hydrogen-bond donors (Lipinski definition) is 2. The van der Waals surface area contributed by atoms with Crippen LogP contribution < -0.4 is 11.1 Å². The number of anilines is 1. The van der Waals surface area contributed by atoms with Crippen LogP contribution in [0.2, 0.25) is 5.02 Å². The summed E-state index contributed by atoms with van der Waals surface area (Å²) in [6.45, 7) is 2.17. The van der Waals surface area contributed by atoms with Gasteiger partial charge in [0.25, 0.3) is 5.91 Å². The van der Waals surface area contributed by atoms with Gasteiger partial charge in [-0.05, 0) is 42.8 Å². The highest BCUT2D eigenvalue weighted by Gasteiger charge is 2.09. The Bertz CT molecular complexity index is 709. The van der Waals surface area contributed by atoms with Crippen molar-refractivity contribution < 1.29 is 4.79 Å². The van der Waals surface area contributed by atoms with E-state index >= 15 is 0 Å². The predicted octanol–water partition coefficient (Wildman–Crippen LogP) is 3.21. The molecule has 4 heteroatoms. The molecule has 0 bridgehead atoms. The van der Waals surface area contributed by atoms with Gasteiger partial charge in [0.1, 0.15) is 0 Å². The van der Waals surface area contributed by atoms with E-state index in [4.69, 9.17) is 17.3 Å².